The van der Waals surface area contributed by atoms with Crippen LogP contribution >= 0.6 is 0 Å². The van der Waals surface area contributed by atoms with Crippen LogP contribution in [0.25, 0.3) is 0 Å². The molecule has 0 aliphatic carbocycles. The van der Waals surface area contributed by atoms with E-state index in [2.05, 4.69) is 5.32 Å². The number of aliphatic carboxylic acids is 1. The standard InChI is InChI=1S/C22H21N3O4/c1-14-11-17(7-8-18(14)21(27)25-9-2-3-10-25)20(26)24-19(22(28)29)16-6-4-5-15(12-16)13-23/h4-8,11-12,19H,2-3,9-10H2,1H3,(H,24,26)(H,28,29). The van der Waals surface area contributed by atoms with E-state index in [1.54, 1.807) is 42.2 Å². The molecule has 7 heteroatoms. The van der Waals surface area contributed by atoms with Gasteiger partial charge in [-0.05, 0) is 61.2 Å². The Hall–Kier alpha value is -3.66. The fraction of sp³-hybridized carbons (Fsp3) is 0.273. The van der Waals surface area contributed by atoms with E-state index in [0.717, 1.165) is 25.9 Å². The lowest BCUT2D eigenvalue weighted by atomic mass is 10.0. The van der Waals surface area contributed by atoms with Crippen molar-refractivity contribution < 1.29 is 19.5 Å². The van der Waals surface area contributed by atoms with E-state index in [0.29, 0.717) is 22.3 Å². The van der Waals surface area contributed by atoms with Gasteiger partial charge >= 0.3 is 5.97 Å². The van der Waals surface area contributed by atoms with Crippen LogP contribution in [0.15, 0.2) is 42.5 Å². The summed E-state index contributed by atoms with van der Waals surface area (Å²) in [6, 6.07) is 11.5. The maximum absolute atomic E-state index is 12.6. The van der Waals surface area contributed by atoms with Gasteiger partial charge in [-0.25, -0.2) is 4.79 Å². The van der Waals surface area contributed by atoms with Crippen LogP contribution in [0.3, 0.4) is 0 Å². The largest absolute Gasteiger partial charge is 0.479 e. The molecule has 3 rings (SSSR count). The average Bonchev–Trinajstić information content (AvgIpc) is 3.26. The first kappa shape index (κ1) is 20.1. The highest BCUT2D eigenvalue weighted by atomic mass is 16.4. The summed E-state index contributed by atoms with van der Waals surface area (Å²) in [6.07, 6.45) is 1.99. The van der Waals surface area contributed by atoms with Gasteiger partial charge in [-0.2, -0.15) is 5.26 Å². The molecule has 1 unspecified atom stereocenters. The van der Waals surface area contributed by atoms with Crippen LogP contribution in [-0.2, 0) is 4.79 Å². The average molecular weight is 391 g/mol. The zero-order valence-corrected chi connectivity index (χ0v) is 16.0. The highest BCUT2D eigenvalue weighted by Gasteiger charge is 2.25. The first-order valence-electron chi connectivity index (χ1n) is 9.34. The van der Waals surface area contributed by atoms with Gasteiger partial charge in [0.25, 0.3) is 11.8 Å². The van der Waals surface area contributed by atoms with Crippen molar-refractivity contribution in [2.45, 2.75) is 25.8 Å². The molecule has 1 saturated heterocycles. The predicted molar refractivity (Wildman–Crippen MR) is 105 cm³/mol. The Morgan fingerprint density at radius 1 is 1.14 bits per heavy atom. The quantitative estimate of drug-likeness (QED) is 0.814. The van der Waals surface area contributed by atoms with Crippen molar-refractivity contribution >= 4 is 17.8 Å². The van der Waals surface area contributed by atoms with E-state index in [4.69, 9.17) is 5.26 Å². The minimum Gasteiger partial charge on any atom is -0.479 e. The lowest BCUT2D eigenvalue weighted by Gasteiger charge is -2.18. The fourth-order valence-electron chi connectivity index (χ4n) is 3.43. The molecular weight excluding hydrogens is 370 g/mol. The first-order valence-corrected chi connectivity index (χ1v) is 9.34. The molecule has 1 aliphatic heterocycles. The van der Waals surface area contributed by atoms with Gasteiger partial charge in [0.05, 0.1) is 11.6 Å². The Morgan fingerprint density at radius 3 is 2.48 bits per heavy atom. The molecule has 0 radical (unpaired) electrons. The number of carboxylic acid groups (broad SMARTS) is 1. The monoisotopic (exact) mass is 391 g/mol. The Kier molecular flexibility index (Phi) is 5.93. The third-order valence-electron chi connectivity index (χ3n) is 4.98. The molecule has 0 saturated carbocycles. The van der Waals surface area contributed by atoms with E-state index in [1.165, 1.54) is 12.1 Å². The van der Waals surface area contributed by atoms with Gasteiger partial charge in [0.15, 0.2) is 6.04 Å². The number of likely N-dealkylation sites (tertiary alicyclic amines) is 1. The van der Waals surface area contributed by atoms with Gasteiger partial charge in [-0.15, -0.1) is 0 Å². The third kappa shape index (κ3) is 4.43. The fourth-order valence-corrected chi connectivity index (χ4v) is 3.43. The Morgan fingerprint density at radius 2 is 1.86 bits per heavy atom. The lowest BCUT2D eigenvalue weighted by molar-refractivity contribution is -0.139. The first-order chi connectivity index (χ1) is 13.9. The van der Waals surface area contributed by atoms with Crippen LogP contribution in [0.5, 0.6) is 0 Å². The molecule has 1 atom stereocenters. The minimum absolute atomic E-state index is 0.0521. The maximum atomic E-state index is 12.6. The number of carbonyl (C=O) groups is 3. The number of amides is 2. The van der Waals surface area contributed by atoms with E-state index >= 15 is 0 Å². The summed E-state index contributed by atoms with van der Waals surface area (Å²) < 4.78 is 0. The van der Waals surface area contributed by atoms with Crippen molar-refractivity contribution in [3.8, 4) is 6.07 Å². The highest BCUT2D eigenvalue weighted by Crippen LogP contribution is 2.19. The zero-order chi connectivity index (χ0) is 21.0. The summed E-state index contributed by atoms with van der Waals surface area (Å²) in [5.41, 5.74) is 2.09. The second kappa shape index (κ2) is 8.57. The van der Waals surface area contributed by atoms with Crippen molar-refractivity contribution in [1.29, 1.82) is 5.26 Å². The zero-order valence-electron chi connectivity index (χ0n) is 16.0. The normalized spacial score (nSPS) is 14.1. The van der Waals surface area contributed by atoms with Crippen LogP contribution in [-0.4, -0.2) is 40.9 Å². The molecule has 148 valence electrons. The maximum Gasteiger partial charge on any atom is 0.330 e. The molecular formula is C22H21N3O4. The molecule has 2 N–H and O–H groups in total. The molecule has 1 aliphatic rings. The summed E-state index contributed by atoms with van der Waals surface area (Å²) in [5.74, 6) is -1.85. The number of carboxylic acids is 1. The number of aryl methyl sites for hydroxylation is 1. The second-order valence-corrected chi connectivity index (χ2v) is 7.01. The van der Waals surface area contributed by atoms with Crippen molar-refractivity contribution in [2.75, 3.05) is 13.1 Å². The number of nitrogens with zero attached hydrogens (tertiary/aromatic N) is 2. The number of benzene rings is 2. The molecule has 0 spiro atoms. The van der Waals surface area contributed by atoms with Crippen molar-refractivity contribution in [3.05, 3.63) is 70.3 Å². The van der Waals surface area contributed by atoms with Gasteiger partial charge in [0.2, 0.25) is 0 Å². The number of hydrogen-bond acceptors (Lipinski definition) is 4. The van der Waals surface area contributed by atoms with Crippen LogP contribution in [0.2, 0.25) is 0 Å². The summed E-state index contributed by atoms with van der Waals surface area (Å²) in [4.78, 5) is 38.7. The summed E-state index contributed by atoms with van der Waals surface area (Å²) >= 11 is 0. The van der Waals surface area contributed by atoms with Gasteiger partial charge in [-0.3, -0.25) is 9.59 Å². The summed E-state index contributed by atoms with van der Waals surface area (Å²) in [5, 5.41) is 21.0. The number of nitriles is 1. The smallest absolute Gasteiger partial charge is 0.330 e. The van der Waals surface area contributed by atoms with E-state index in [9.17, 15) is 19.5 Å². The van der Waals surface area contributed by atoms with E-state index < -0.39 is 17.9 Å². The van der Waals surface area contributed by atoms with Crippen molar-refractivity contribution in [3.63, 3.8) is 0 Å². The molecule has 2 aromatic carbocycles. The topological polar surface area (TPSA) is 110 Å². The molecule has 1 fully saturated rings. The Bertz CT molecular complexity index is 1000. The molecule has 29 heavy (non-hydrogen) atoms. The molecule has 7 nitrogen and oxygen atoms in total. The van der Waals surface area contributed by atoms with Crippen molar-refractivity contribution in [2.24, 2.45) is 0 Å². The Labute approximate surface area is 168 Å². The van der Waals surface area contributed by atoms with Gasteiger partial charge < -0.3 is 15.3 Å². The van der Waals surface area contributed by atoms with Gasteiger partial charge in [-0.1, -0.05) is 12.1 Å². The summed E-state index contributed by atoms with van der Waals surface area (Å²) in [7, 11) is 0. The number of carbonyl (C=O) groups excluding carboxylic acids is 2. The number of hydrogen-bond donors (Lipinski definition) is 2. The van der Waals surface area contributed by atoms with E-state index in [1.807, 2.05) is 6.07 Å². The number of rotatable bonds is 5. The van der Waals surface area contributed by atoms with Crippen LogP contribution in [0.1, 0.15) is 56.3 Å². The summed E-state index contributed by atoms with van der Waals surface area (Å²) in [6.45, 7) is 3.23. The van der Waals surface area contributed by atoms with E-state index in [-0.39, 0.29) is 11.5 Å². The predicted octanol–water partition coefficient (Wildman–Crippen LogP) is 2.66. The van der Waals surface area contributed by atoms with Crippen LogP contribution in [0.4, 0.5) is 0 Å². The van der Waals surface area contributed by atoms with Crippen LogP contribution in [0, 0.1) is 18.3 Å². The minimum atomic E-state index is -1.29. The van der Waals surface area contributed by atoms with Crippen LogP contribution < -0.4 is 5.32 Å². The molecule has 0 aromatic heterocycles. The van der Waals surface area contributed by atoms with Crippen molar-refractivity contribution in [1.82, 2.24) is 10.2 Å². The third-order valence-corrected chi connectivity index (χ3v) is 4.98. The molecule has 2 amide bonds. The van der Waals surface area contributed by atoms with Gasteiger partial charge in [0.1, 0.15) is 0 Å². The molecule has 1 heterocycles. The SMILES string of the molecule is Cc1cc(C(=O)NC(C(=O)O)c2cccc(C#N)c2)ccc1C(=O)N1CCCC1. The highest BCUT2D eigenvalue weighted by molar-refractivity contribution is 6.00. The van der Waals surface area contributed by atoms with Gasteiger partial charge in [0, 0.05) is 24.2 Å². The second-order valence-electron chi connectivity index (χ2n) is 7.01. The molecule has 2 aromatic rings. The Balaban J connectivity index is 1.80. The number of nitrogens with one attached hydrogen (secondary N) is 1. The molecule has 0 bridgehead atoms. The lowest BCUT2D eigenvalue weighted by Crippen LogP contribution is -2.34.